The minimum atomic E-state index is -0.189. The molecule has 24 heavy (non-hydrogen) atoms. The van der Waals surface area contributed by atoms with Crippen molar-refractivity contribution in [3.05, 3.63) is 57.5 Å². The third kappa shape index (κ3) is 3.70. The highest BCUT2D eigenvalue weighted by molar-refractivity contribution is 7.98. The molecule has 1 fully saturated rings. The highest BCUT2D eigenvalue weighted by atomic mass is 32.2. The molecule has 0 bridgehead atoms. The molecule has 5 heteroatoms. The van der Waals surface area contributed by atoms with Crippen molar-refractivity contribution in [3.8, 4) is 6.07 Å². The van der Waals surface area contributed by atoms with Gasteiger partial charge in [0.2, 0.25) is 0 Å². The topological polar surface area (TPSA) is 58.7 Å². The second kappa shape index (κ2) is 7.67. The molecule has 0 amide bonds. The lowest BCUT2D eigenvalue weighted by atomic mass is 9.95. The maximum atomic E-state index is 12.7. The fourth-order valence-corrected chi connectivity index (χ4v) is 4.12. The molecule has 1 aromatic heterocycles. The Labute approximate surface area is 146 Å². The predicted octanol–water partition coefficient (Wildman–Crippen LogP) is 4.22. The number of thioether (sulfide) groups is 1. The quantitative estimate of drug-likeness (QED) is 0.618. The molecule has 1 saturated carbocycles. The van der Waals surface area contributed by atoms with Gasteiger partial charge in [0.1, 0.15) is 11.6 Å². The molecule has 2 aromatic rings. The van der Waals surface area contributed by atoms with E-state index in [1.165, 1.54) is 23.7 Å². The first-order valence-corrected chi connectivity index (χ1v) is 9.37. The van der Waals surface area contributed by atoms with Gasteiger partial charge >= 0.3 is 0 Å². The van der Waals surface area contributed by atoms with Crippen LogP contribution in [0, 0.1) is 18.3 Å². The van der Waals surface area contributed by atoms with E-state index in [1.54, 1.807) is 16.3 Å². The van der Waals surface area contributed by atoms with Crippen LogP contribution < -0.4 is 5.56 Å². The Hall–Kier alpha value is -2.06. The molecule has 1 heterocycles. The van der Waals surface area contributed by atoms with Gasteiger partial charge in [-0.3, -0.25) is 9.36 Å². The largest absolute Gasteiger partial charge is 0.283 e. The van der Waals surface area contributed by atoms with Crippen LogP contribution in [0.2, 0.25) is 0 Å². The van der Waals surface area contributed by atoms with E-state index < -0.39 is 0 Å². The Bertz CT molecular complexity index is 799. The number of nitrogens with zero attached hydrogens (tertiary/aromatic N) is 3. The van der Waals surface area contributed by atoms with Gasteiger partial charge in [-0.15, -0.1) is 0 Å². The smallest absolute Gasteiger partial charge is 0.272 e. The minimum Gasteiger partial charge on any atom is -0.283 e. The molecule has 3 rings (SSSR count). The van der Waals surface area contributed by atoms with E-state index in [2.05, 4.69) is 36.2 Å². The molecule has 0 N–H and O–H groups in total. The van der Waals surface area contributed by atoms with Crippen molar-refractivity contribution in [2.24, 2.45) is 0 Å². The van der Waals surface area contributed by atoms with Gasteiger partial charge in [0.15, 0.2) is 5.16 Å². The van der Waals surface area contributed by atoms with Crippen LogP contribution in [0.4, 0.5) is 0 Å². The van der Waals surface area contributed by atoms with Crippen molar-refractivity contribution in [2.75, 3.05) is 0 Å². The van der Waals surface area contributed by atoms with Crippen molar-refractivity contribution in [2.45, 2.75) is 56.0 Å². The highest BCUT2D eigenvalue weighted by Gasteiger charge is 2.21. The molecule has 4 nitrogen and oxygen atoms in total. The van der Waals surface area contributed by atoms with Gasteiger partial charge < -0.3 is 0 Å². The standard InChI is InChI=1S/C19H21N3OS/c1-14-7-9-15(10-8-14)13-24-19-21-12-16(11-20)18(23)22(19)17-5-3-2-4-6-17/h7-10,12,17H,2-6,13H2,1H3. The first kappa shape index (κ1) is 16.8. The van der Waals surface area contributed by atoms with Gasteiger partial charge in [0, 0.05) is 11.8 Å². The van der Waals surface area contributed by atoms with Crippen molar-refractivity contribution >= 4 is 11.8 Å². The van der Waals surface area contributed by atoms with Crippen LogP contribution in [0.25, 0.3) is 0 Å². The molecule has 1 aliphatic rings. The summed E-state index contributed by atoms with van der Waals surface area (Å²) in [6.45, 7) is 2.07. The summed E-state index contributed by atoms with van der Waals surface area (Å²) in [6.07, 6.45) is 6.90. The third-order valence-corrected chi connectivity index (χ3v) is 5.55. The Morgan fingerprint density at radius 1 is 1.25 bits per heavy atom. The van der Waals surface area contributed by atoms with Gasteiger partial charge in [-0.2, -0.15) is 5.26 Å². The summed E-state index contributed by atoms with van der Waals surface area (Å²) in [7, 11) is 0. The molecule has 1 aliphatic carbocycles. The van der Waals surface area contributed by atoms with E-state index in [1.807, 2.05) is 6.07 Å². The molecule has 1 aromatic carbocycles. The third-order valence-electron chi connectivity index (χ3n) is 4.51. The maximum absolute atomic E-state index is 12.7. The van der Waals surface area contributed by atoms with Crippen LogP contribution in [0.15, 0.2) is 40.4 Å². The normalized spacial score (nSPS) is 15.2. The SMILES string of the molecule is Cc1ccc(CSc2ncc(C#N)c(=O)n2C2CCCCC2)cc1. The minimum absolute atomic E-state index is 0.139. The summed E-state index contributed by atoms with van der Waals surface area (Å²) in [5.74, 6) is 0.769. The molecule has 124 valence electrons. The first-order chi connectivity index (χ1) is 11.7. The summed E-state index contributed by atoms with van der Waals surface area (Å²) in [6, 6.07) is 10.6. The van der Waals surface area contributed by atoms with E-state index in [-0.39, 0.29) is 17.2 Å². The first-order valence-electron chi connectivity index (χ1n) is 8.39. The molecule has 0 unspecified atom stereocenters. The van der Waals surface area contributed by atoms with Gasteiger partial charge in [-0.1, -0.05) is 60.9 Å². The lowest BCUT2D eigenvalue weighted by molar-refractivity contribution is 0.323. The monoisotopic (exact) mass is 339 g/mol. The van der Waals surface area contributed by atoms with Gasteiger partial charge in [0.25, 0.3) is 5.56 Å². The molecule has 0 spiro atoms. The number of benzene rings is 1. The van der Waals surface area contributed by atoms with E-state index in [0.717, 1.165) is 36.6 Å². The molecule has 0 aliphatic heterocycles. The average molecular weight is 339 g/mol. The fourth-order valence-electron chi connectivity index (χ4n) is 3.13. The van der Waals surface area contributed by atoms with E-state index in [9.17, 15) is 4.79 Å². The Kier molecular flexibility index (Phi) is 5.37. The molecule has 0 radical (unpaired) electrons. The van der Waals surface area contributed by atoms with Crippen LogP contribution in [-0.4, -0.2) is 9.55 Å². The second-order valence-corrected chi connectivity index (χ2v) is 7.25. The maximum Gasteiger partial charge on any atom is 0.272 e. The molecule has 0 atom stereocenters. The number of rotatable bonds is 4. The van der Waals surface area contributed by atoms with Crippen LogP contribution in [0.3, 0.4) is 0 Å². The van der Waals surface area contributed by atoms with Crippen LogP contribution in [-0.2, 0) is 5.75 Å². The van der Waals surface area contributed by atoms with E-state index in [4.69, 9.17) is 5.26 Å². The van der Waals surface area contributed by atoms with Gasteiger partial charge in [0.05, 0.1) is 6.20 Å². The van der Waals surface area contributed by atoms with E-state index in [0.29, 0.717) is 0 Å². The Morgan fingerprint density at radius 3 is 2.62 bits per heavy atom. The molecule has 0 saturated heterocycles. The zero-order valence-electron chi connectivity index (χ0n) is 13.9. The lowest BCUT2D eigenvalue weighted by Gasteiger charge is -2.25. The summed E-state index contributed by atoms with van der Waals surface area (Å²) in [5.41, 5.74) is 2.39. The van der Waals surface area contributed by atoms with Crippen LogP contribution in [0.1, 0.15) is 54.8 Å². The number of hydrogen-bond donors (Lipinski definition) is 0. The summed E-state index contributed by atoms with van der Waals surface area (Å²) in [4.78, 5) is 17.1. The van der Waals surface area contributed by atoms with Gasteiger partial charge in [-0.05, 0) is 25.3 Å². The number of aryl methyl sites for hydroxylation is 1. The highest BCUT2D eigenvalue weighted by Crippen LogP contribution is 2.31. The zero-order chi connectivity index (χ0) is 16.9. The molecular formula is C19H21N3OS. The van der Waals surface area contributed by atoms with Crippen molar-refractivity contribution in [1.29, 1.82) is 5.26 Å². The number of aromatic nitrogens is 2. The van der Waals surface area contributed by atoms with Crippen molar-refractivity contribution < 1.29 is 0 Å². The second-order valence-electron chi connectivity index (χ2n) is 6.31. The molecular weight excluding hydrogens is 318 g/mol. The lowest BCUT2D eigenvalue weighted by Crippen LogP contribution is -2.30. The van der Waals surface area contributed by atoms with Gasteiger partial charge in [-0.25, -0.2) is 4.98 Å². The van der Waals surface area contributed by atoms with Crippen LogP contribution >= 0.6 is 11.8 Å². The number of hydrogen-bond acceptors (Lipinski definition) is 4. The number of nitriles is 1. The van der Waals surface area contributed by atoms with E-state index >= 15 is 0 Å². The summed E-state index contributed by atoms with van der Waals surface area (Å²) in [5, 5.41) is 9.88. The van der Waals surface area contributed by atoms with Crippen molar-refractivity contribution in [1.82, 2.24) is 9.55 Å². The summed E-state index contributed by atoms with van der Waals surface area (Å²) >= 11 is 1.58. The predicted molar refractivity (Wildman–Crippen MR) is 96.1 cm³/mol. The van der Waals surface area contributed by atoms with Crippen LogP contribution in [0.5, 0.6) is 0 Å². The average Bonchev–Trinajstić information content (AvgIpc) is 2.62. The fraction of sp³-hybridized carbons (Fsp3) is 0.421. The van der Waals surface area contributed by atoms with Crippen molar-refractivity contribution in [3.63, 3.8) is 0 Å². The summed E-state index contributed by atoms with van der Waals surface area (Å²) < 4.78 is 1.77. The Morgan fingerprint density at radius 2 is 1.96 bits per heavy atom. The zero-order valence-corrected chi connectivity index (χ0v) is 14.7. The Balaban J connectivity index is 1.88.